The van der Waals surface area contributed by atoms with Gasteiger partial charge in [0.15, 0.2) is 5.11 Å². The molecule has 130 valence electrons. The summed E-state index contributed by atoms with van der Waals surface area (Å²) >= 11 is 4.85. The molecule has 8 nitrogen and oxygen atoms in total. The first-order valence-electron chi connectivity index (χ1n) is 6.83. The molecule has 0 fully saturated rings. The van der Waals surface area contributed by atoms with E-state index >= 15 is 0 Å². The Morgan fingerprint density at radius 3 is 2.30 bits per heavy atom. The van der Waals surface area contributed by atoms with Crippen LogP contribution in [0.15, 0.2) is 34.3 Å². The topological polar surface area (TPSA) is 143 Å². The number of nitrogens with zero attached hydrogens (tertiary/aromatic N) is 1. The van der Waals surface area contributed by atoms with Crippen molar-refractivity contribution in [3.05, 3.63) is 29.8 Å². The highest BCUT2D eigenvalue weighted by Crippen LogP contribution is 2.08. The largest absolute Gasteiger partial charge is 0.369 e. The number of aryl methyl sites for hydroxylation is 1. The van der Waals surface area contributed by atoms with Crippen LogP contribution in [0.25, 0.3) is 0 Å². The third kappa shape index (κ3) is 11.3. The molecule has 0 bridgehead atoms. The molecule has 0 aromatic heterocycles. The van der Waals surface area contributed by atoms with Gasteiger partial charge in [0.1, 0.15) is 0 Å². The summed E-state index contributed by atoms with van der Waals surface area (Å²) in [5, 5.41) is 6.90. The zero-order valence-corrected chi connectivity index (χ0v) is 14.7. The third-order valence-corrected chi connectivity index (χ3v) is 3.52. The van der Waals surface area contributed by atoms with Crippen molar-refractivity contribution in [2.75, 3.05) is 6.54 Å². The molecule has 0 saturated heterocycles. The average Bonchev–Trinajstić information content (AvgIpc) is 2.45. The Labute approximate surface area is 142 Å². The van der Waals surface area contributed by atoms with Crippen LogP contribution in [0.3, 0.4) is 0 Å². The zero-order valence-electron chi connectivity index (χ0n) is 13.1. The van der Waals surface area contributed by atoms with Gasteiger partial charge in [-0.1, -0.05) is 31.0 Å². The summed E-state index contributed by atoms with van der Waals surface area (Å²) in [5.74, 6) is -0.0327. The number of hydrazone groups is 1. The average molecular weight is 361 g/mol. The summed E-state index contributed by atoms with van der Waals surface area (Å²) in [4.78, 5) is -0.0666. The monoisotopic (exact) mass is 361 g/mol. The lowest BCUT2D eigenvalue weighted by Gasteiger charge is -2.05. The second-order valence-electron chi connectivity index (χ2n) is 4.55. The number of hydrogen-bond donors (Lipinski definition) is 5. The van der Waals surface area contributed by atoms with Gasteiger partial charge in [0.25, 0.3) is 10.1 Å². The smallest absolute Gasteiger partial charge is 0.294 e. The fraction of sp³-hybridized carbons (Fsp3) is 0.385. The van der Waals surface area contributed by atoms with E-state index in [9.17, 15) is 8.42 Å². The molecular weight excluding hydrogens is 338 g/mol. The Hall–Kier alpha value is -1.91. The maximum Gasteiger partial charge on any atom is 0.294 e. The molecule has 1 rings (SSSR count). The third-order valence-electron chi connectivity index (χ3n) is 2.42. The van der Waals surface area contributed by atoms with Gasteiger partial charge in [0, 0.05) is 6.54 Å². The molecule has 0 radical (unpaired) electrons. The highest BCUT2D eigenvalue weighted by atomic mass is 32.2. The van der Waals surface area contributed by atoms with E-state index in [0.29, 0.717) is 5.11 Å². The fourth-order valence-corrected chi connectivity index (χ4v) is 1.87. The predicted octanol–water partition coefficient (Wildman–Crippen LogP) is 0.681. The summed E-state index contributed by atoms with van der Waals surface area (Å²) in [6.07, 6.45) is 2.20. The predicted molar refractivity (Wildman–Crippen MR) is 95.4 cm³/mol. The van der Waals surface area contributed by atoms with Crippen LogP contribution in [0.2, 0.25) is 0 Å². The molecule has 0 aliphatic rings. The van der Waals surface area contributed by atoms with Gasteiger partial charge in [0.05, 0.1) is 4.90 Å². The van der Waals surface area contributed by atoms with Gasteiger partial charge >= 0.3 is 0 Å². The Balaban J connectivity index is 0.000000422. The van der Waals surface area contributed by atoms with E-state index in [0.717, 1.165) is 24.9 Å². The Morgan fingerprint density at radius 2 is 1.87 bits per heavy atom. The SMILES string of the molecule is CCCCNC(=S)NN=C(N)N.Cc1ccc(S(=O)(=O)O)cc1. The first kappa shape index (κ1) is 21.1. The van der Waals surface area contributed by atoms with Crippen LogP contribution < -0.4 is 22.2 Å². The lowest BCUT2D eigenvalue weighted by molar-refractivity contribution is 0.483. The van der Waals surface area contributed by atoms with Crippen LogP contribution in [-0.4, -0.2) is 30.6 Å². The molecule has 0 aliphatic carbocycles. The first-order valence-corrected chi connectivity index (χ1v) is 8.68. The molecule has 10 heteroatoms. The molecule has 0 atom stereocenters. The minimum atomic E-state index is -4.02. The van der Waals surface area contributed by atoms with E-state index in [1.165, 1.54) is 12.1 Å². The van der Waals surface area contributed by atoms with E-state index in [-0.39, 0.29) is 10.9 Å². The lowest BCUT2D eigenvalue weighted by atomic mass is 10.2. The minimum absolute atomic E-state index is 0.0327. The van der Waals surface area contributed by atoms with Crippen molar-refractivity contribution in [3.8, 4) is 0 Å². The fourth-order valence-electron chi connectivity index (χ4n) is 1.24. The number of nitrogens with two attached hydrogens (primary N) is 2. The maximum absolute atomic E-state index is 10.5. The molecule has 1 aromatic carbocycles. The standard InChI is InChI=1S/C7H8O3S.C6H15N5S/c1-6-2-4-7(5-3-6)11(8,9)10;1-2-3-4-9-6(12)11-10-5(7)8/h2-5H,1H3,(H,8,9,10);2-4H2,1H3,(H4,7,8,10)(H2,9,11,12). The molecule has 0 unspecified atom stereocenters. The van der Waals surface area contributed by atoms with Crippen LogP contribution in [0, 0.1) is 6.92 Å². The number of nitrogens with one attached hydrogen (secondary N) is 2. The van der Waals surface area contributed by atoms with Crippen LogP contribution in [0.5, 0.6) is 0 Å². The molecule has 7 N–H and O–H groups in total. The molecule has 1 aromatic rings. The van der Waals surface area contributed by atoms with Gasteiger partial charge in [0.2, 0.25) is 5.96 Å². The number of rotatable bonds is 5. The van der Waals surface area contributed by atoms with Crippen LogP contribution >= 0.6 is 12.2 Å². The van der Waals surface area contributed by atoms with Crippen LogP contribution in [0.4, 0.5) is 0 Å². The minimum Gasteiger partial charge on any atom is -0.369 e. The van der Waals surface area contributed by atoms with E-state index in [2.05, 4.69) is 22.8 Å². The summed E-state index contributed by atoms with van der Waals surface area (Å²) in [7, 11) is -4.02. The van der Waals surface area contributed by atoms with Gasteiger partial charge in [-0.2, -0.15) is 8.42 Å². The molecule has 23 heavy (non-hydrogen) atoms. The quantitative estimate of drug-likeness (QED) is 0.129. The highest BCUT2D eigenvalue weighted by molar-refractivity contribution is 7.85. The number of hydrogen-bond acceptors (Lipinski definition) is 4. The van der Waals surface area contributed by atoms with Crippen molar-refractivity contribution >= 4 is 33.4 Å². The van der Waals surface area contributed by atoms with Crippen LogP contribution in [0.1, 0.15) is 25.3 Å². The number of thiocarbonyl (C=S) groups is 1. The summed E-state index contributed by atoms with van der Waals surface area (Å²) in [5.41, 5.74) is 13.6. The molecule has 0 heterocycles. The molecule has 0 saturated carbocycles. The zero-order chi connectivity index (χ0) is 17.9. The van der Waals surface area contributed by atoms with E-state index in [4.69, 9.17) is 28.2 Å². The number of guanidine groups is 1. The van der Waals surface area contributed by atoms with E-state index in [1.54, 1.807) is 12.1 Å². The highest BCUT2D eigenvalue weighted by Gasteiger charge is 2.06. The van der Waals surface area contributed by atoms with Gasteiger partial charge in [-0.25, -0.2) is 0 Å². The first-order chi connectivity index (χ1) is 10.7. The molecule has 0 spiro atoms. The molecule has 0 aliphatic heterocycles. The van der Waals surface area contributed by atoms with Crippen molar-refractivity contribution in [1.82, 2.24) is 10.7 Å². The van der Waals surface area contributed by atoms with E-state index in [1.807, 2.05) is 6.92 Å². The summed E-state index contributed by atoms with van der Waals surface area (Å²) < 4.78 is 29.6. The van der Waals surface area contributed by atoms with Gasteiger partial charge in [-0.15, -0.1) is 5.10 Å². The van der Waals surface area contributed by atoms with Crippen molar-refractivity contribution in [2.24, 2.45) is 16.6 Å². The summed E-state index contributed by atoms with van der Waals surface area (Å²) in [6, 6.07) is 5.99. The maximum atomic E-state index is 10.5. The van der Waals surface area contributed by atoms with E-state index < -0.39 is 10.1 Å². The van der Waals surface area contributed by atoms with Crippen LogP contribution in [-0.2, 0) is 10.1 Å². The Kier molecular flexibility index (Phi) is 9.86. The van der Waals surface area contributed by atoms with Crippen molar-refractivity contribution in [1.29, 1.82) is 0 Å². The van der Waals surface area contributed by atoms with Crippen molar-refractivity contribution in [2.45, 2.75) is 31.6 Å². The second kappa shape index (κ2) is 10.8. The lowest BCUT2D eigenvalue weighted by Crippen LogP contribution is -2.35. The summed E-state index contributed by atoms with van der Waals surface area (Å²) in [6.45, 7) is 4.78. The second-order valence-corrected chi connectivity index (χ2v) is 6.38. The Bertz CT molecular complexity index is 611. The Morgan fingerprint density at radius 1 is 1.30 bits per heavy atom. The van der Waals surface area contributed by atoms with Crippen molar-refractivity contribution in [3.63, 3.8) is 0 Å². The van der Waals surface area contributed by atoms with Crippen molar-refractivity contribution < 1.29 is 13.0 Å². The van der Waals surface area contributed by atoms with Gasteiger partial charge in [-0.05, 0) is 37.7 Å². The number of unbranched alkanes of at least 4 members (excludes halogenated alkanes) is 1. The normalized spacial score (nSPS) is 10.0. The number of benzene rings is 1. The molecule has 0 amide bonds. The van der Waals surface area contributed by atoms with Gasteiger partial charge < -0.3 is 16.8 Å². The molecular formula is C13H23N5O3S2. The van der Waals surface area contributed by atoms with Gasteiger partial charge in [-0.3, -0.25) is 9.98 Å².